The van der Waals surface area contributed by atoms with E-state index in [1.54, 1.807) is 13.2 Å². The molecular weight excluding hydrogens is 340 g/mol. The number of carbonyl (C=O) groups excluding carboxylic acids is 1. The predicted octanol–water partition coefficient (Wildman–Crippen LogP) is 5.21. The van der Waals surface area contributed by atoms with Gasteiger partial charge in [-0.15, -0.1) is 0 Å². The van der Waals surface area contributed by atoms with Crippen LogP contribution in [-0.4, -0.2) is 19.5 Å². The van der Waals surface area contributed by atoms with Crippen molar-refractivity contribution in [3.8, 4) is 17.2 Å². The zero-order valence-electron chi connectivity index (χ0n) is 16.2. The van der Waals surface area contributed by atoms with Crippen LogP contribution in [0, 0.1) is 5.92 Å². The van der Waals surface area contributed by atoms with E-state index in [4.69, 9.17) is 14.2 Å². The van der Waals surface area contributed by atoms with Crippen molar-refractivity contribution in [1.29, 1.82) is 0 Å². The minimum absolute atomic E-state index is 0.0915. The van der Waals surface area contributed by atoms with Gasteiger partial charge in [0.1, 0.15) is 29.4 Å². The largest absolute Gasteiger partial charge is 0.497 e. The lowest BCUT2D eigenvalue weighted by Gasteiger charge is -2.15. The molecule has 0 N–H and O–H groups in total. The Morgan fingerprint density at radius 2 is 1.70 bits per heavy atom. The van der Waals surface area contributed by atoms with Crippen molar-refractivity contribution >= 4 is 5.78 Å². The summed E-state index contributed by atoms with van der Waals surface area (Å²) in [6.07, 6.45) is 4.02. The second-order valence-corrected chi connectivity index (χ2v) is 7.11. The average molecular weight is 366 g/mol. The van der Waals surface area contributed by atoms with Crippen LogP contribution in [0.4, 0.5) is 0 Å². The first kappa shape index (κ1) is 19.0. The number of ketones is 1. The highest BCUT2D eigenvalue weighted by Gasteiger charge is 2.24. The summed E-state index contributed by atoms with van der Waals surface area (Å²) >= 11 is 0. The molecule has 142 valence electrons. The van der Waals surface area contributed by atoms with Crippen molar-refractivity contribution < 1.29 is 19.0 Å². The van der Waals surface area contributed by atoms with Crippen LogP contribution in [0.25, 0.3) is 0 Å². The minimum atomic E-state index is -0.0915. The van der Waals surface area contributed by atoms with Gasteiger partial charge in [-0.05, 0) is 68.5 Å². The summed E-state index contributed by atoms with van der Waals surface area (Å²) in [7, 11) is 1.64. The highest BCUT2D eigenvalue weighted by molar-refractivity contribution is 6.08. The van der Waals surface area contributed by atoms with Crippen LogP contribution in [0.3, 0.4) is 0 Å². The normalized spacial score (nSPS) is 13.0. The summed E-state index contributed by atoms with van der Waals surface area (Å²) in [5.41, 5.74) is 2.44. The fraction of sp³-hybridized carbons (Fsp3) is 0.348. The van der Waals surface area contributed by atoms with Crippen molar-refractivity contribution in [2.45, 2.75) is 33.3 Å². The first-order valence-electron chi connectivity index (χ1n) is 9.27. The number of benzene rings is 2. The standard InChI is InChI=1S/C23H26O4/c1-16(2)13-20(24)23-21(26-14-17-7-8-17)5-4-6-22(23)27-15-18-9-11-19(25-3)12-10-18/h4-6,9-13,17H,7-8,14-15H2,1-3H3. The Hall–Kier alpha value is -2.75. The van der Waals surface area contributed by atoms with Crippen molar-refractivity contribution in [3.63, 3.8) is 0 Å². The summed E-state index contributed by atoms with van der Waals surface area (Å²) in [5.74, 6) is 2.46. The minimum Gasteiger partial charge on any atom is -0.497 e. The molecule has 1 aliphatic rings. The highest BCUT2D eigenvalue weighted by Crippen LogP contribution is 2.34. The third-order valence-corrected chi connectivity index (χ3v) is 4.38. The molecule has 0 aliphatic heterocycles. The monoisotopic (exact) mass is 366 g/mol. The molecule has 0 aromatic heterocycles. The van der Waals surface area contributed by atoms with Crippen LogP contribution >= 0.6 is 0 Å². The second-order valence-electron chi connectivity index (χ2n) is 7.11. The highest BCUT2D eigenvalue weighted by atomic mass is 16.5. The Labute approximate surface area is 160 Å². The zero-order valence-corrected chi connectivity index (χ0v) is 16.2. The molecule has 1 aliphatic carbocycles. The lowest BCUT2D eigenvalue weighted by molar-refractivity contribution is 0.103. The maximum Gasteiger partial charge on any atom is 0.193 e. The summed E-state index contributed by atoms with van der Waals surface area (Å²) < 4.78 is 17.1. The molecule has 0 heterocycles. The average Bonchev–Trinajstić information content (AvgIpc) is 3.49. The van der Waals surface area contributed by atoms with E-state index in [1.165, 1.54) is 12.8 Å². The number of rotatable bonds is 9. The predicted molar refractivity (Wildman–Crippen MR) is 106 cm³/mol. The molecule has 0 saturated heterocycles. The van der Waals surface area contributed by atoms with Crippen LogP contribution in [0.1, 0.15) is 42.6 Å². The third-order valence-electron chi connectivity index (χ3n) is 4.38. The maximum absolute atomic E-state index is 12.8. The maximum atomic E-state index is 12.8. The van der Waals surface area contributed by atoms with E-state index in [0.717, 1.165) is 16.9 Å². The lowest BCUT2D eigenvalue weighted by atomic mass is 10.1. The molecule has 0 amide bonds. The molecule has 4 nitrogen and oxygen atoms in total. The van der Waals surface area contributed by atoms with Crippen LogP contribution in [0.5, 0.6) is 17.2 Å². The Balaban J connectivity index is 1.81. The topological polar surface area (TPSA) is 44.8 Å². The third kappa shape index (κ3) is 5.36. The quantitative estimate of drug-likeness (QED) is 0.451. The van der Waals surface area contributed by atoms with E-state index >= 15 is 0 Å². The Bertz CT molecular complexity index is 813. The van der Waals surface area contributed by atoms with Gasteiger partial charge in [0.25, 0.3) is 0 Å². The van der Waals surface area contributed by atoms with Gasteiger partial charge < -0.3 is 14.2 Å². The fourth-order valence-electron chi connectivity index (χ4n) is 2.70. The molecular formula is C23H26O4. The van der Waals surface area contributed by atoms with E-state index < -0.39 is 0 Å². The number of methoxy groups -OCH3 is 1. The Kier molecular flexibility index (Phi) is 6.17. The summed E-state index contributed by atoms with van der Waals surface area (Å²) in [6.45, 7) is 4.83. The lowest BCUT2D eigenvalue weighted by Crippen LogP contribution is -2.08. The van der Waals surface area contributed by atoms with Crippen molar-refractivity contribution in [2.24, 2.45) is 5.92 Å². The first-order chi connectivity index (χ1) is 13.1. The van der Waals surface area contributed by atoms with Crippen molar-refractivity contribution in [2.75, 3.05) is 13.7 Å². The van der Waals surface area contributed by atoms with Gasteiger partial charge in [-0.3, -0.25) is 4.79 Å². The Morgan fingerprint density at radius 1 is 1.04 bits per heavy atom. The number of allylic oxidation sites excluding steroid dienone is 2. The molecule has 0 spiro atoms. The molecule has 1 fully saturated rings. The molecule has 0 bridgehead atoms. The number of ether oxygens (including phenoxy) is 3. The van der Waals surface area contributed by atoms with Gasteiger partial charge in [-0.25, -0.2) is 0 Å². The van der Waals surface area contributed by atoms with Gasteiger partial charge in [0.2, 0.25) is 0 Å². The van der Waals surface area contributed by atoms with Crippen molar-refractivity contribution in [1.82, 2.24) is 0 Å². The number of carbonyl (C=O) groups is 1. The molecule has 2 aromatic rings. The SMILES string of the molecule is COc1ccc(COc2cccc(OCC3CC3)c2C(=O)C=C(C)C)cc1. The van der Waals surface area contributed by atoms with E-state index in [-0.39, 0.29) is 5.78 Å². The Morgan fingerprint density at radius 3 is 2.30 bits per heavy atom. The molecule has 4 heteroatoms. The van der Waals surface area contributed by atoms with Gasteiger partial charge in [0.15, 0.2) is 5.78 Å². The van der Waals surface area contributed by atoms with Gasteiger partial charge in [0.05, 0.1) is 13.7 Å². The van der Waals surface area contributed by atoms with Gasteiger partial charge in [-0.2, -0.15) is 0 Å². The molecule has 0 unspecified atom stereocenters. The molecule has 1 saturated carbocycles. The summed E-state index contributed by atoms with van der Waals surface area (Å²) in [5, 5.41) is 0. The smallest absolute Gasteiger partial charge is 0.193 e. The zero-order chi connectivity index (χ0) is 19.2. The van der Waals surface area contributed by atoms with Crippen LogP contribution in [0.2, 0.25) is 0 Å². The molecule has 0 radical (unpaired) electrons. The summed E-state index contributed by atoms with van der Waals surface area (Å²) in [4.78, 5) is 12.8. The molecule has 3 rings (SSSR count). The molecule has 2 aromatic carbocycles. The van der Waals surface area contributed by atoms with E-state index in [1.807, 2.05) is 56.3 Å². The van der Waals surface area contributed by atoms with Crippen LogP contribution in [-0.2, 0) is 6.61 Å². The summed E-state index contributed by atoms with van der Waals surface area (Å²) in [6, 6.07) is 13.2. The van der Waals surface area contributed by atoms with Crippen LogP contribution < -0.4 is 14.2 Å². The number of hydrogen-bond donors (Lipinski definition) is 0. The fourth-order valence-corrected chi connectivity index (χ4v) is 2.70. The van der Waals surface area contributed by atoms with E-state index in [0.29, 0.717) is 36.2 Å². The van der Waals surface area contributed by atoms with E-state index in [2.05, 4.69) is 0 Å². The van der Waals surface area contributed by atoms with Gasteiger partial charge in [0, 0.05) is 0 Å². The van der Waals surface area contributed by atoms with Gasteiger partial charge >= 0.3 is 0 Å². The molecule has 0 atom stereocenters. The first-order valence-corrected chi connectivity index (χ1v) is 9.27. The second kappa shape index (κ2) is 8.76. The van der Waals surface area contributed by atoms with Crippen LogP contribution in [0.15, 0.2) is 54.1 Å². The van der Waals surface area contributed by atoms with E-state index in [9.17, 15) is 4.79 Å². The van der Waals surface area contributed by atoms with Gasteiger partial charge in [-0.1, -0.05) is 23.8 Å². The molecule has 27 heavy (non-hydrogen) atoms. The van der Waals surface area contributed by atoms with Crippen molar-refractivity contribution in [3.05, 3.63) is 65.2 Å². The number of hydrogen-bond acceptors (Lipinski definition) is 4.